The number of hydrogen-bond donors (Lipinski definition) is 1. The van der Waals surface area contributed by atoms with Gasteiger partial charge in [0.25, 0.3) is 10.1 Å². The molecule has 0 aliphatic heterocycles. The van der Waals surface area contributed by atoms with Crippen molar-refractivity contribution in [3.8, 4) is 5.75 Å². The van der Waals surface area contributed by atoms with Gasteiger partial charge in [0, 0.05) is 5.39 Å². The molecular weight excluding hydrogens is 342 g/mol. The molecule has 7 nitrogen and oxygen atoms in total. The van der Waals surface area contributed by atoms with Gasteiger partial charge in [0.1, 0.15) is 15.0 Å². The molecule has 2 rings (SSSR count). The maximum Gasteiger partial charge on any atom is 1.00 e. The molecule has 11 heteroatoms. The molecule has 21 heavy (non-hydrogen) atoms. The van der Waals surface area contributed by atoms with Crippen LogP contribution in [-0.4, -0.2) is 25.9 Å². The van der Waals surface area contributed by atoms with Gasteiger partial charge in [-0.25, -0.2) is 8.42 Å². The molecule has 0 fully saturated rings. The van der Waals surface area contributed by atoms with Crippen LogP contribution in [0.1, 0.15) is 0 Å². The summed E-state index contributed by atoms with van der Waals surface area (Å²) < 4.78 is 63.9. The molecule has 2 aromatic rings. The third-order valence-electron chi connectivity index (χ3n) is 2.43. The average Bonchev–Trinajstić information content (AvgIpc) is 2.24. The van der Waals surface area contributed by atoms with E-state index in [4.69, 9.17) is 4.55 Å². The molecule has 0 bridgehead atoms. The summed E-state index contributed by atoms with van der Waals surface area (Å²) in [6.45, 7) is 0. The molecule has 0 heterocycles. The van der Waals surface area contributed by atoms with Gasteiger partial charge in [-0.3, -0.25) is 4.55 Å². The number of rotatable bonds is 2. The molecule has 0 radical (unpaired) electrons. The topological polar surface area (TPSA) is 135 Å². The molecule has 2 aromatic carbocycles. The monoisotopic (exact) mass is 348 g/mol. The third-order valence-corrected chi connectivity index (χ3v) is 4.15. The van der Waals surface area contributed by atoms with Gasteiger partial charge in [0.15, 0.2) is 0 Å². The molecule has 0 atom stereocenters. The second kappa shape index (κ2) is 7.26. The second-order valence-corrected chi connectivity index (χ2v) is 6.50. The summed E-state index contributed by atoms with van der Waals surface area (Å²) in [4.78, 5) is -1.39. The predicted octanol–water partition coefficient (Wildman–Crippen LogP) is -5.93. The van der Waals surface area contributed by atoms with Gasteiger partial charge in [-0.1, -0.05) is 12.1 Å². The van der Waals surface area contributed by atoms with Crippen molar-refractivity contribution in [2.45, 2.75) is 9.79 Å². The molecular formula is C10H6Na2O7S2. The first-order valence-corrected chi connectivity index (χ1v) is 7.62. The minimum atomic E-state index is -4.77. The fourth-order valence-electron chi connectivity index (χ4n) is 1.65. The summed E-state index contributed by atoms with van der Waals surface area (Å²) >= 11 is 0. The standard InChI is InChI=1S/C10H8O7S2.2Na/c11-7-3-6-1-2-8(18(12,13)14)5-9(6)10(4-7)19(15,16)17;;/h1-5,11H,(H,12,13,14)(H,15,16,17);;/q;2*+1/p-2. The minimum absolute atomic E-state index is 0. The fraction of sp³-hybridized carbons (Fsp3) is 0. The zero-order valence-corrected chi connectivity index (χ0v) is 16.7. The molecule has 0 amide bonds. The van der Waals surface area contributed by atoms with E-state index >= 15 is 0 Å². The minimum Gasteiger partial charge on any atom is -0.872 e. The zero-order chi connectivity index (χ0) is 14.4. The van der Waals surface area contributed by atoms with Crippen LogP contribution in [0, 0.1) is 0 Å². The van der Waals surface area contributed by atoms with Crippen LogP contribution in [0.25, 0.3) is 10.8 Å². The SMILES string of the molecule is O=S(=O)([O-])c1ccc2cc([O-])cc(S(=O)(=O)O)c2c1.[Na+].[Na+]. The largest absolute Gasteiger partial charge is 1.00 e. The van der Waals surface area contributed by atoms with Crippen LogP contribution in [0.5, 0.6) is 5.75 Å². The van der Waals surface area contributed by atoms with E-state index in [2.05, 4.69) is 0 Å². The summed E-state index contributed by atoms with van der Waals surface area (Å²) in [5.41, 5.74) is 0. The average molecular weight is 348 g/mol. The summed E-state index contributed by atoms with van der Waals surface area (Å²) in [7, 11) is -9.48. The molecule has 0 aliphatic carbocycles. The van der Waals surface area contributed by atoms with E-state index in [-0.39, 0.29) is 69.9 Å². The molecule has 0 aromatic heterocycles. The van der Waals surface area contributed by atoms with Crippen LogP contribution >= 0.6 is 0 Å². The van der Waals surface area contributed by atoms with Crippen molar-refractivity contribution in [3.05, 3.63) is 30.3 Å². The van der Waals surface area contributed by atoms with Gasteiger partial charge in [-0.2, -0.15) is 8.42 Å². The summed E-state index contributed by atoms with van der Waals surface area (Å²) in [5.74, 6) is -0.669. The smallest absolute Gasteiger partial charge is 0.872 e. The summed E-state index contributed by atoms with van der Waals surface area (Å²) in [6.07, 6.45) is 0. The van der Waals surface area contributed by atoms with Gasteiger partial charge in [0.2, 0.25) is 0 Å². The Bertz CT molecular complexity index is 876. The Morgan fingerprint density at radius 1 is 0.952 bits per heavy atom. The quantitative estimate of drug-likeness (QED) is 0.422. The Kier molecular flexibility index (Phi) is 7.37. The second-order valence-electron chi connectivity index (χ2n) is 3.73. The Morgan fingerprint density at radius 3 is 2.00 bits per heavy atom. The molecule has 0 spiro atoms. The molecule has 0 unspecified atom stereocenters. The molecule has 0 saturated heterocycles. The predicted molar refractivity (Wildman–Crippen MR) is 61.2 cm³/mol. The molecule has 1 N–H and O–H groups in total. The van der Waals surface area contributed by atoms with Crippen molar-refractivity contribution in [2.75, 3.05) is 0 Å². The van der Waals surface area contributed by atoms with Crippen molar-refractivity contribution in [3.63, 3.8) is 0 Å². The first-order valence-electron chi connectivity index (χ1n) is 4.77. The van der Waals surface area contributed by atoms with Crippen molar-refractivity contribution < 1.29 is 90.2 Å². The van der Waals surface area contributed by atoms with E-state index in [1.165, 1.54) is 0 Å². The van der Waals surface area contributed by atoms with E-state index in [1.54, 1.807) is 0 Å². The van der Waals surface area contributed by atoms with E-state index in [0.29, 0.717) is 6.07 Å². The van der Waals surface area contributed by atoms with Crippen LogP contribution in [0.2, 0.25) is 0 Å². The fourth-order valence-corrected chi connectivity index (χ4v) is 2.86. The first-order chi connectivity index (χ1) is 8.59. The van der Waals surface area contributed by atoms with Gasteiger partial charge in [0.05, 0.1) is 4.90 Å². The van der Waals surface area contributed by atoms with Crippen LogP contribution in [0.4, 0.5) is 0 Å². The Morgan fingerprint density at radius 2 is 1.52 bits per heavy atom. The Hall–Kier alpha value is 0.320. The van der Waals surface area contributed by atoms with Crippen molar-refractivity contribution in [1.82, 2.24) is 0 Å². The van der Waals surface area contributed by atoms with Gasteiger partial charge >= 0.3 is 59.1 Å². The van der Waals surface area contributed by atoms with E-state index in [0.717, 1.165) is 24.3 Å². The normalized spacial score (nSPS) is 11.5. The molecule has 0 aliphatic rings. The third kappa shape index (κ3) is 4.90. The number of fused-ring (bicyclic) bond motifs is 1. The number of benzene rings is 2. The Balaban J connectivity index is 0.00000200. The van der Waals surface area contributed by atoms with Gasteiger partial charge in [-0.15, -0.1) is 5.75 Å². The van der Waals surface area contributed by atoms with Crippen LogP contribution in [0.15, 0.2) is 40.1 Å². The van der Waals surface area contributed by atoms with Crippen LogP contribution < -0.4 is 64.2 Å². The van der Waals surface area contributed by atoms with Crippen molar-refractivity contribution in [2.24, 2.45) is 0 Å². The maximum atomic E-state index is 11.3. The van der Waals surface area contributed by atoms with Crippen molar-refractivity contribution >= 4 is 31.0 Å². The van der Waals surface area contributed by atoms with E-state index < -0.39 is 35.8 Å². The Labute approximate surface area is 165 Å². The van der Waals surface area contributed by atoms with Gasteiger partial charge < -0.3 is 9.66 Å². The molecule has 0 saturated carbocycles. The summed E-state index contributed by atoms with van der Waals surface area (Å²) in [6, 6.07) is 4.60. The first kappa shape index (κ1) is 21.3. The summed E-state index contributed by atoms with van der Waals surface area (Å²) in [5, 5.41) is 11.2. The zero-order valence-electron chi connectivity index (χ0n) is 11.1. The van der Waals surface area contributed by atoms with Crippen molar-refractivity contribution in [1.29, 1.82) is 0 Å². The maximum absolute atomic E-state index is 11.3. The van der Waals surface area contributed by atoms with Crippen LogP contribution in [-0.2, 0) is 20.2 Å². The van der Waals surface area contributed by atoms with E-state index in [1.807, 2.05) is 0 Å². The number of hydrogen-bond acceptors (Lipinski definition) is 6. The van der Waals surface area contributed by atoms with Gasteiger partial charge in [-0.05, 0) is 23.6 Å². The van der Waals surface area contributed by atoms with Crippen LogP contribution in [0.3, 0.4) is 0 Å². The van der Waals surface area contributed by atoms with E-state index in [9.17, 15) is 26.5 Å². The molecule has 102 valence electrons.